The van der Waals surface area contributed by atoms with E-state index in [0.29, 0.717) is 12.1 Å². The van der Waals surface area contributed by atoms with Crippen molar-refractivity contribution in [3.63, 3.8) is 0 Å². The molecule has 0 aliphatic heterocycles. The third kappa shape index (κ3) is 3.10. The van der Waals surface area contributed by atoms with E-state index in [2.05, 4.69) is 21.2 Å². The molecule has 1 aliphatic rings. The first-order valence-electron chi connectivity index (χ1n) is 6.17. The highest BCUT2D eigenvalue weighted by atomic mass is 79.9. The maximum atomic E-state index is 13.1. The third-order valence-corrected chi connectivity index (χ3v) is 4.05. The lowest BCUT2D eigenvalue weighted by molar-refractivity contribution is 0.0943. The van der Waals surface area contributed by atoms with Crippen LogP contribution in [0.15, 0.2) is 18.2 Å². The van der Waals surface area contributed by atoms with Crippen molar-refractivity contribution in [2.24, 2.45) is 5.41 Å². The molecular weight excluding hydrogens is 297 g/mol. The highest BCUT2D eigenvalue weighted by molar-refractivity contribution is 9.09. The Morgan fingerprint density at radius 3 is 2.83 bits per heavy atom. The van der Waals surface area contributed by atoms with Crippen LogP contribution in [0.4, 0.5) is 4.39 Å². The number of hydrogen-bond acceptors (Lipinski definition) is 1. The van der Waals surface area contributed by atoms with Crippen LogP contribution in [0.5, 0.6) is 0 Å². The Kier molecular flexibility index (Phi) is 4.05. The lowest BCUT2D eigenvalue weighted by Gasteiger charge is -2.15. The van der Waals surface area contributed by atoms with Gasteiger partial charge in [0, 0.05) is 17.4 Å². The van der Waals surface area contributed by atoms with Gasteiger partial charge >= 0.3 is 0 Å². The molecule has 0 saturated heterocycles. The molecule has 0 unspecified atom stereocenters. The minimum Gasteiger partial charge on any atom is -0.351 e. The summed E-state index contributed by atoms with van der Waals surface area (Å²) in [6.07, 6.45) is 3.41. The average molecular weight is 314 g/mol. The maximum absolute atomic E-state index is 13.1. The molecule has 0 spiro atoms. The van der Waals surface area contributed by atoms with E-state index >= 15 is 0 Å². The van der Waals surface area contributed by atoms with Crippen LogP contribution in [0.25, 0.3) is 0 Å². The van der Waals surface area contributed by atoms with Crippen LogP contribution in [0.3, 0.4) is 0 Å². The molecule has 0 atom stereocenters. The first-order chi connectivity index (χ1) is 8.56. The molecular formula is C14H17BrFNO. The van der Waals surface area contributed by atoms with Crippen molar-refractivity contribution in [1.82, 2.24) is 5.32 Å². The van der Waals surface area contributed by atoms with E-state index in [1.54, 1.807) is 6.07 Å². The molecule has 2 nitrogen and oxygen atoms in total. The van der Waals surface area contributed by atoms with Crippen molar-refractivity contribution in [2.75, 3.05) is 11.9 Å². The van der Waals surface area contributed by atoms with Gasteiger partial charge < -0.3 is 5.32 Å². The molecule has 98 valence electrons. The highest BCUT2D eigenvalue weighted by Crippen LogP contribution is 2.48. The van der Waals surface area contributed by atoms with Gasteiger partial charge in [-0.1, -0.05) is 22.0 Å². The van der Waals surface area contributed by atoms with Crippen molar-refractivity contribution >= 4 is 21.8 Å². The van der Waals surface area contributed by atoms with Gasteiger partial charge in [0.05, 0.1) is 0 Å². The van der Waals surface area contributed by atoms with Gasteiger partial charge in [0.25, 0.3) is 5.91 Å². The van der Waals surface area contributed by atoms with Crippen molar-refractivity contribution in [3.05, 3.63) is 35.1 Å². The van der Waals surface area contributed by atoms with E-state index in [4.69, 9.17) is 0 Å². The van der Waals surface area contributed by atoms with Gasteiger partial charge in [-0.15, -0.1) is 0 Å². The molecule has 1 amide bonds. The van der Waals surface area contributed by atoms with Crippen LogP contribution in [-0.4, -0.2) is 17.8 Å². The van der Waals surface area contributed by atoms with E-state index in [1.165, 1.54) is 25.0 Å². The Morgan fingerprint density at radius 2 is 2.22 bits per heavy atom. The minimum absolute atomic E-state index is 0.173. The molecule has 1 aliphatic carbocycles. The number of carbonyl (C=O) groups is 1. The summed E-state index contributed by atoms with van der Waals surface area (Å²) in [5.41, 5.74) is 1.52. The zero-order chi connectivity index (χ0) is 13.2. The summed E-state index contributed by atoms with van der Waals surface area (Å²) in [6, 6.07) is 4.31. The van der Waals surface area contributed by atoms with E-state index in [-0.39, 0.29) is 17.1 Å². The number of carbonyl (C=O) groups excluding carboxylic acids is 1. The molecule has 1 fully saturated rings. The van der Waals surface area contributed by atoms with E-state index in [0.717, 1.165) is 17.3 Å². The number of aryl methyl sites for hydroxylation is 1. The summed E-state index contributed by atoms with van der Waals surface area (Å²) in [5.74, 6) is -0.541. The predicted octanol–water partition coefficient (Wildman–Crippen LogP) is 3.43. The normalized spacial score (nSPS) is 16.4. The van der Waals surface area contributed by atoms with Crippen LogP contribution < -0.4 is 5.32 Å². The number of amides is 1. The molecule has 18 heavy (non-hydrogen) atoms. The maximum Gasteiger partial charge on any atom is 0.251 e. The molecule has 1 aromatic rings. The topological polar surface area (TPSA) is 29.1 Å². The lowest BCUT2D eigenvalue weighted by atomic mass is 10.0. The summed E-state index contributed by atoms with van der Waals surface area (Å²) < 4.78 is 13.1. The second-order valence-electron chi connectivity index (χ2n) is 5.08. The summed E-state index contributed by atoms with van der Waals surface area (Å²) in [7, 11) is 0. The molecule has 0 bridgehead atoms. The van der Waals surface area contributed by atoms with Crippen LogP contribution in [-0.2, 0) is 0 Å². The second kappa shape index (κ2) is 5.39. The largest absolute Gasteiger partial charge is 0.351 e. The summed E-state index contributed by atoms with van der Waals surface area (Å²) in [5, 5.41) is 3.89. The summed E-state index contributed by atoms with van der Waals surface area (Å²) in [4.78, 5) is 12.0. The average Bonchev–Trinajstić information content (AvgIpc) is 3.10. The van der Waals surface area contributed by atoms with Gasteiger partial charge in [0.15, 0.2) is 0 Å². The number of benzene rings is 1. The molecule has 0 heterocycles. The third-order valence-electron chi connectivity index (χ3n) is 3.65. The van der Waals surface area contributed by atoms with Gasteiger partial charge in [0.2, 0.25) is 0 Å². The molecule has 0 radical (unpaired) electrons. The fourth-order valence-electron chi connectivity index (χ4n) is 2.09. The van der Waals surface area contributed by atoms with Crippen LogP contribution >= 0.6 is 15.9 Å². The fraction of sp³-hybridized carbons (Fsp3) is 0.500. The number of alkyl halides is 1. The number of halogens is 2. The minimum atomic E-state index is -0.368. The second-order valence-corrected chi connectivity index (χ2v) is 5.87. The molecule has 1 aromatic carbocycles. The first-order valence-corrected chi connectivity index (χ1v) is 7.29. The van der Waals surface area contributed by atoms with Gasteiger partial charge in [-0.05, 0) is 49.3 Å². The fourth-order valence-corrected chi connectivity index (χ4v) is 2.94. The molecule has 1 saturated carbocycles. The Bertz CT molecular complexity index is 457. The van der Waals surface area contributed by atoms with E-state index < -0.39 is 0 Å². The Morgan fingerprint density at radius 1 is 1.50 bits per heavy atom. The van der Waals surface area contributed by atoms with Crippen molar-refractivity contribution in [2.45, 2.75) is 26.2 Å². The van der Waals surface area contributed by atoms with Crippen LogP contribution in [0, 0.1) is 18.2 Å². The van der Waals surface area contributed by atoms with Gasteiger partial charge in [-0.3, -0.25) is 4.79 Å². The lowest BCUT2D eigenvalue weighted by Crippen LogP contribution is -2.31. The smallest absolute Gasteiger partial charge is 0.251 e. The van der Waals surface area contributed by atoms with Crippen molar-refractivity contribution < 1.29 is 9.18 Å². The molecule has 1 N–H and O–H groups in total. The monoisotopic (exact) mass is 313 g/mol. The molecule has 2 rings (SSSR count). The number of rotatable bonds is 5. The van der Waals surface area contributed by atoms with E-state index in [9.17, 15) is 9.18 Å². The Balaban J connectivity index is 1.98. The standard InChI is InChI=1S/C14H17BrFNO/c1-10-2-3-11(16)8-12(10)13(18)17-9-14(4-5-14)6-7-15/h2-3,8H,4-7,9H2,1H3,(H,17,18). The summed E-state index contributed by atoms with van der Waals surface area (Å²) in [6.45, 7) is 2.51. The van der Waals surface area contributed by atoms with Gasteiger partial charge in [-0.25, -0.2) is 4.39 Å². The van der Waals surface area contributed by atoms with Crippen molar-refractivity contribution in [3.8, 4) is 0 Å². The summed E-state index contributed by atoms with van der Waals surface area (Å²) >= 11 is 3.44. The van der Waals surface area contributed by atoms with Gasteiger partial charge in [-0.2, -0.15) is 0 Å². The number of nitrogens with one attached hydrogen (secondary N) is 1. The zero-order valence-corrected chi connectivity index (χ0v) is 12.0. The zero-order valence-electron chi connectivity index (χ0n) is 10.4. The molecule has 0 aromatic heterocycles. The number of hydrogen-bond donors (Lipinski definition) is 1. The Hall–Kier alpha value is -0.900. The predicted molar refractivity (Wildman–Crippen MR) is 73.5 cm³/mol. The Labute approximate surface area is 115 Å². The highest BCUT2D eigenvalue weighted by Gasteiger charge is 2.41. The van der Waals surface area contributed by atoms with Gasteiger partial charge in [0.1, 0.15) is 5.82 Å². The molecule has 4 heteroatoms. The van der Waals surface area contributed by atoms with Crippen molar-refractivity contribution in [1.29, 1.82) is 0 Å². The van der Waals surface area contributed by atoms with Crippen LogP contribution in [0.1, 0.15) is 35.2 Å². The SMILES string of the molecule is Cc1ccc(F)cc1C(=O)NCC1(CCBr)CC1. The van der Waals surface area contributed by atoms with Crippen LogP contribution in [0.2, 0.25) is 0 Å². The quantitative estimate of drug-likeness (QED) is 0.829. The first kappa shape index (κ1) is 13.5. The van der Waals surface area contributed by atoms with E-state index in [1.807, 2.05) is 6.92 Å².